The molecular weight excluding hydrogens is 444 g/mol. The lowest BCUT2D eigenvalue weighted by molar-refractivity contribution is 0.0678. The van der Waals surface area contributed by atoms with Crippen molar-refractivity contribution in [3.63, 3.8) is 0 Å². The number of nitrogens with zero attached hydrogens (tertiary/aromatic N) is 1. The quantitative estimate of drug-likeness (QED) is 0.532. The van der Waals surface area contributed by atoms with Gasteiger partial charge in [-0.25, -0.2) is 17.9 Å². The zero-order chi connectivity index (χ0) is 22.6. The summed E-state index contributed by atoms with van der Waals surface area (Å²) < 4.78 is 34.1. The highest BCUT2D eigenvalue weighted by Gasteiger charge is 2.22. The SMILES string of the molecule is Cn1c(CNS(=O)(=O)c2cccc(Cl)c2)cc(=O)c(OCc2ccccc2)c1C(=O)O. The summed E-state index contributed by atoms with van der Waals surface area (Å²) in [4.78, 5) is 24.4. The van der Waals surface area contributed by atoms with Gasteiger partial charge in [-0.15, -0.1) is 0 Å². The number of hydrogen-bond acceptors (Lipinski definition) is 5. The molecule has 3 aromatic rings. The van der Waals surface area contributed by atoms with Crippen LogP contribution in [0.25, 0.3) is 0 Å². The summed E-state index contributed by atoms with van der Waals surface area (Å²) in [7, 11) is -2.51. The summed E-state index contributed by atoms with van der Waals surface area (Å²) in [5.74, 6) is -1.69. The molecule has 0 bridgehead atoms. The summed E-state index contributed by atoms with van der Waals surface area (Å²) in [5, 5.41) is 9.89. The van der Waals surface area contributed by atoms with Crippen molar-refractivity contribution in [1.29, 1.82) is 0 Å². The van der Waals surface area contributed by atoms with Gasteiger partial charge in [-0.1, -0.05) is 48.0 Å². The van der Waals surface area contributed by atoms with Crippen LogP contribution in [-0.4, -0.2) is 24.1 Å². The largest absolute Gasteiger partial charge is 0.482 e. The number of benzene rings is 2. The van der Waals surface area contributed by atoms with Gasteiger partial charge < -0.3 is 14.4 Å². The Balaban J connectivity index is 1.88. The van der Waals surface area contributed by atoms with E-state index in [0.717, 1.165) is 11.6 Å². The first-order chi connectivity index (χ1) is 14.7. The molecule has 0 saturated carbocycles. The van der Waals surface area contributed by atoms with Gasteiger partial charge in [0.15, 0.2) is 11.4 Å². The van der Waals surface area contributed by atoms with Gasteiger partial charge in [-0.05, 0) is 23.8 Å². The minimum atomic E-state index is -3.93. The van der Waals surface area contributed by atoms with E-state index in [1.807, 2.05) is 6.07 Å². The van der Waals surface area contributed by atoms with E-state index in [4.69, 9.17) is 16.3 Å². The Kier molecular flexibility index (Phi) is 6.79. The van der Waals surface area contributed by atoms with Gasteiger partial charge >= 0.3 is 5.97 Å². The van der Waals surface area contributed by atoms with Crippen LogP contribution >= 0.6 is 11.6 Å². The summed E-state index contributed by atoms with van der Waals surface area (Å²) in [6, 6.07) is 15.8. The number of aromatic carboxylic acids is 1. The highest BCUT2D eigenvalue weighted by atomic mass is 35.5. The van der Waals surface area contributed by atoms with Crippen molar-refractivity contribution in [2.24, 2.45) is 7.05 Å². The molecule has 0 aliphatic heterocycles. The Morgan fingerprint density at radius 3 is 2.48 bits per heavy atom. The Labute approximate surface area is 183 Å². The monoisotopic (exact) mass is 462 g/mol. The van der Waals surface area contributed by atoms with Gasteiger partial charge in [0, 0.05) is 23.8 Å². The third-order valence-corrected chi connectivity index (χ3v) is 6.12. The van der Waals surface area contributed by atoms with Gasteiger partial charge in [0.25, 0.3) is 0 Å². The maximum absolute atomic E-state index is 12.6. The smallest absolute Gasteiger partial charge is 0.356 e. The predicted molar refractivity (Wildman–Crippen MR) is 115 cm³/mol. The normalized spacial score (nSPS) is 11.3. The lowest BCUT2D eigenvalue weighted by Crippen LogP contribution is -2.28. The third kappa shape index (κ3) is 5.32. The molecule has 0 atom stereocenters. The minimum absolute atomic E-state index is 0.0110. The molecule has 0 unspecified atom stereocenters. The Morgan fingerprint density at radius 1 is 1.13 bits per heavy atom. The molecule has 0 amide bonds. The van der Waals surface area contributed by atoms with Crippen LogP contribution in [0.1, 0.15) is 21.7 Å². The van der Waals surface area contributed by atoms with Gasteiger partial charge in [-0.2, -0.15) is 0 Å². The molecule has 3 rings (SSSR count). The van der Waals surface area contributed by atoms with Crippen LogP contribution in [0.3, 0.4) is 0 Å². The lowest BCUT2D eigenvalue weighted by Gasteiger charge is -2.16. The molecule has 0 saturated heterocycles. The molecule has 0 fully saturated rings. The van der Waals surface area contributed by atoms with E-state index in [9.17, 15) is 23.1 Å². The standard InChI is InChI=1S/C21H19ClN2O6S/c1-24-16(12-23-31(28,29)17-9-5-8-15(22)10-17)11-18(25)20(19(24)21(26)27)30-13-14-6-3-2-4-7-14/h2-11,23H,12-13H2,1H3,(H,26,27). The lowest BCUT2D eigenvalue weighted by atomic mass is 10.2. The second-order valence-corrected chi connectivity index (χ2v) is 8.80. The summed E-state index contributed by atoms with van der Waals surface area (Å²) in [6.07, 6.45) is 0. The van der Waals surface area contributed by atoms with E-state index < -0.39 is 21.4 Å². The number of ether oxygens (including phenoxy) is 1. The van der Waals surface area contributed by atoms with Crippen LogP contribution in [0.4, 0.5) is 0 Å². The number of nitrogens with one attached hydrogen (secondary N) is 1. The second kappa shape index (κ2) is 9.34. The van der Waals surface area contributed by atoms with Crippen LogP contribution in [-0.2, 0) is 30.2 Å². The van der Waals surface area contributed by atoms with E-state index >= 15 is 0 Å². The first-order valence-electron chi connectivity index (χ1n) is 9.07. The molecule has 10 heteroatoms. The van der Waals surface area contributed by atoms with E-state index in [-0.39, 0.29) is 40.2 Å². The second-order valence-electron chi connectivity index (χ2n) is 6.60. The maximum atomic E-state index is 12.6. The van der Waals surface area contributed by atoms with Crippen molar-refractivity contribution < 1.29 is 23.1 Å². The molecular formula is C21H19ClN2O6S. The molecule has 2 N–H and O–H groups in total. The van der Waals surface area contributed by atoms with Crippen molar-refractivity contribution in [1.82, 2.24) is 9.29 Å². The Hall–Kier alpha value is -3.14. The molecule has 0 aliphatic rings. The van der Waals surface area contributed by atoms with Gasteiger partial charge in [0.05, 0.1) is 11.4 Å². The Bertz CT molecular complexity index is 1270. The zero-order valence-corrected chi connectivity index (χ0v) is 18.0. The number of aromatic nitrogens is 1. The van der Waals surface area contributed by atoms with E-state index in [1.165, 1.54) is 35.9 Å². The summed E-state index contributed by atoms with van der Waals surface area (Å²) >= 11 is 5.84. The zero-order valence-electron chi connectivity index (χ0n) is 16.4. The average molecular weight is 463 g/mol. The number of sulfonamides is 1. The van der Waals surface area contributed by atoms with Gasteiger partial charge in [0.2, 0.25) is 15.5 Å². The summed E-state index contributed by atoms with van der Waals surface area (Å²) in [6.45, 7) is -0.295. The number of halogens is 1. The predicted octanol–water partition coefficient (Wildman–Crippen LogP) is 2.79. The molecule has 2 aromatic carbocycles. The van der Waals surface area contributed by atoms with Crippen LogP contribution in [0, 0.1) is 0 Å². The van der Waals surface area contributed by atoms with Crippen molar-refractivity contribution in [3.8, 4) is 5.75 Å². The van der Waals surface area contributed by atoms with Crippen molar-refractivity contribution >= 4 is 27.6 Å². The maximum Gasteiger partial charge on any atom is 0.356 e. The molecule has 0 spiro atoms. The van der Waals surface area contributed by atoms with E-state index in [1.54, 1.807) is 24.3 Å². The molecule has 0 aliphatic carbocycles. The van der Waals surface area contributed by atoms with Crippen LogP contribution in [0.15, 0.2) is 70.4 Å². The number of hydrogen-bond donors (Lipinski definition) is 2. The number of carboxylic acids is 1. The number of pyridine rings is 1. The minimum Gasteiger partial charge on any atom is -0.482 e. The van der Waals surface area contributed by atoms with Crippen molar-refractivity contribution in [2.75, 3.05) is 0 Å². The fraction of sp³-hybridized carbons (Fsp3) is 0.143. The van der Waals surface area contributed by atoms with Gasteiger partial charge in [0.1, 0.15) is 6.61 Å². The third-order valence-electron chi connectivity index (χ3n) is 4.48. The fourth-order valence-electron chi connectivity index (χ4n) is 2.89. The fourth-order valence-corrected chi connectivity index (χ4v) is 4.19. The molecule has 1 heterocycles. The molecule has 162 valence electrons. The van der Waals surface area contributed by atoms with E-state index in [0.29, 0.717) is 0 Å². The number of carboxylic acid groups (broad SMARTS) is 1. The number of rotatable bonds is 8. The molecule has 31 heavy (non-hydrogen) atoms. The van der Waals surface area contributed by atoms with Crippen LogP contribution in [0.5, 0.6) is 5.75 Å². The first-order valence-corrected chi connectivity index (χ1v) is 10.9. The molecule has 1 aromatic heterocycles. The van der Waals surface area contributed by atoms with E-state index in [2.05, 4.69) is 4.72 Å². The average Bonchev–Trinajstić information content (AvgIpc) is 2.73. The highest BCUT2D eigenvalue weighted by molar-refractivity contribution is 7.89. The topological polar surface area (TPSA) is 115 Å². The van der Waals surface area contributed by atoms with Crippen LogP contribution < -0.4 is 14.9 Å². The summed E-state index contributed by atoms with van der Waals surface area (Å²) in [5.41, 5.74) is -0.122. The molecule has 0 radical (unpaired) electrons. The Morgan fingerprint density at radius 2 is 1.84 bits per heavy atom. The van der Waals surface area contributed by atoms with Gasteiger partial charge in [-0.3, -0.25) is 4.79 Å². The first kappa shape index (κ1) is 22.5. The highest BCUT2D eigenvalue weighted by Crippen LogP contribution is 2.19. The number of carbonyl (C=O) groups is 1. The van der Waals surface area contributed by atoms with Crippen LogP contribution in [0.2, 0.25) is 5.02 Å². The molecule has 8 nitrogen and oxygen atoms in total. The van der Waals surface area contributed by atoms with Crippen molar-refractivity contribution in [2.45, 2.75) is 18.0 Å². The van der Waals surface area contributed by atoms with Crippen molar-refractivity contribution in [3.05, 3.63) is 92.9 Å².